The fraction of sp³-hybridized carbons (Fsp3) is 0.368. The second-order valence-corrected chi connectivity index (χ2v) is 8.41. The molecule has 2 heterocycles. The highest BCUT2D eigenvalue weighted by Crippen LogP contribution is 2.27. The average Bonchev–Trinajstić information content (AvgIpc) is 3.33. The Morgan fingerprint density at radius 3 is 2.72 bits per heavy atom. The van der Waals surface area contributed by atoms with Gasteiger partial charge in [-0.2, -0.15) is 0 Å². The van der Waals surface area contributed by atoms with Gasteiger partial charge in [0.05, 0.1) is 18.2 Å². The molecule has 0 aliphatic carbocycles. The molecule has 0 aromatic heterocycles. The van der Waals surface area contributed by atoms with Crippen molar-refractivity contribution in [1.82, 2.24) is 9.80 Å². The number of carbonyl (C=O) groups excluding carboxylic acids is 2. The van der Waals surface area contributed by atoms with Crippen LogP contribution < -0.4 is 0 Å². The summed E-state index contributed by atoms with van der Waals surface area (Å²) in [5.41, 5.74) is 1.03. The molecular weight excluding hydrogens is 352 g/mol. The van der Waals surface area contributed by atoms with E-state index in [-0.39, 0.29) is 17.9 Å². The molecule has 2 aromatic rings. The van der Waals surface area contributed by atoms with Crippen molar-refractivity contribution in [3.05, 3.63) is 48.0 Å². The lowest BCUT2D eigenvalue weighted by atomic mass is 10.0. The topological polar surface area (TPSA) is 40.6 Å². The van der Waals surface area contributed by atoms with Crippen molar-refractivity contribution in [2.45, 2.75) is 12.5 Å². The molecule has 2 saturated heterocycles. The summed E-state index contributed by atoms with van der Waals surface area (Å²) >= 11 is 3.45. The van der Waals surface area contributed by atoms with Crippen molar-refractivity contribution in [2.75, 3.05) is 29.8 Å². The minimum absolute atomic E-state index is 0.0477. The first-order chi connectivity index (χ1) is 12.2. The fourth-order valence-electron chi connectivity index (χ4n) is 3.40. The number of rotatable bonds is 3. The van der Waals surface area contributed by atoms with E-state index in [1.165, 1.54) is 0 Å². The highest BCUT2D eigenvalue weighted by atomic mass is 32.2. The van der Waals surface area contributed by atoms with Crippen molar-refractivity contribution < 1.29 is 9.59 Å². The summed E-state index contributed by atoms with van der Waals surface area (Å²) in [6.07, 6.45) is 0.348. The highest BCUT2D eigenvalue weighted by Gasteiger charge is 2.37. The summed E-state index contributed by atoms with van der Waals surface area (Å²) in [4.78, 5) is 29.3. The third kappa shape index (κ3) is 3.37. The van der Waals surface area contributed by atoms with Crippen LogP contribution in [0.15, 0.2) is 42.5 Å². The van der Waals surface area contributed by atoms with Gasteiger partial charge in [0, 0.05) is 18.1 Å². The zero-order valence-electron chi connectivity index (χ0n) is 13.9. The molecule has 0 bridgehead atoms. The SMILES string of the molecule is O=C([C@@H]1CSCN1C(=O)Cc1cccc2ccccc12)N1CCSC1. The Bertz CT molecular complexity index is 800. The number of nitrogens with zero attached hydrogens (tertiary/aromatic N) is 2. The zero-order valence-corrected chi connectivity index (χ0v) is 15.5. The first kappa shape index (κ1) is 16.8. The number of benzene rings is 2. The quantitative estimate of drug-likeness (QED) is 0.831. The van der Waals surface area contributed by atoms with Crippen molar-refractivity contribution in [1.29, 1.82) is 0 Å². The van der Waals surface area contributed by atoms with E-state index in [1.54, 1.807) is 28.4 Å². The van der Waals surface area contributed by atoms with Crippen molar-refractivity contribution in [3.63, 3.8) is 0 Å². The van der Waals surface area contributed by atoms with Crippen LogP contribution in [0, 0.1) is 0 Å². The molecule has 0 spiro atoms. The monoisotopic (exact) mass is 372 g/mol. The number of hydrogen-bond donors (Lipinski definition) is 0. The van der Waals surface area contributed by atoms with E-state index < -0.39 is 0 Å². The number of fused-ring (bicyclic) bond motifs is 1. The highest BCUT2D eigenvalue weighted by molar-refractivity contribution is 7.99. The lowest BCUT2D eigenvalue weighted by Crippen LogP contribution is -2.48. The molecule has 2 aliphatic heterocycles. The van der Waals surface area contributed by atoms with Crippen LogP contribution in [0.2, 0.25) is 0 Å². The summed E-state index contributed by atoms with van der Waals surface area (Å²) in [5.74, 6) is 3.23. The standard InChI is InChI=1S/C19H20N2O2S2/c22-18(10-15-6-3-5-14-4-1-2-7-16(14)15)21-13-25-11-17(21)19(23)20-8-9-24-12-20/h1-7,17H,8-13H2/t17-/m0/s1. The Balaban J connectivity index is 1.52. The van der Waals surface area contributed by atoms with Crippen LogP contribution in [-0.4, -0.2) is 57.5 Å². The Labute approximate surface area is 155 Å². The Morgan fingerprint density at radius 1 is 1.04 bits per heavy atom. The summed E-state index contributed by atoms with van der Waals surface area (Å²) in [6, 6.07) is 13.9. The van der Waals surface area contributed by atoms with Gasteiger partial charge >= 0.3 is 0 Å². The lowest BCUT2D eigenvalue weighted by molar-refractivity contribution is -0.142. The molecule has 2 aliphatic rings. The minimum Gasteiger partial charge on any atom is -0.331 e. The molecule has 130 valence electrons. The Morgan fingerprint density at radius 2 is 1.88 bits per heavy atom. The third-order valence-electron chi connectivity index (χ3n) is 4.77. The molecule has 0 radical (unpaired) electrons. The van der Waals surface area contributed by atoms with Gasteiger partial charge in [-0.05, 0) is 16.3 Å². The smallest absolute Gasteiger partial charge is 0.246 e. The molecule has 0 N–H and O–H groups in total. The van der Waals surface area contributed by atoms with E-state index in [2.05, 4.69) is 18.2 Å². The van der Waals surface area contributed by atoms with E-state index in [0.717, 1.165) is 34.5 Å². The van der Waals surface area contributed by atoms with Crippen LogP contribution in [0.4, 0.5) is 0 Å². The maximum atomic E-state index is 12.9. The van der Waals surface area contributed by atoms with E-state index in [9.17, 15) is 9.59 Å². The normalized spacial score (nSPS) is 20.4. The molecule has 2 amide bonds. The predicted molar refractivity (Wildman–Crippen MR) is 105 cm³/mol. The van der Waals surface area contributed by atoms with Crippen LogP contribution in [0.3, 0.4) is 0 Å². The molecule has 4 nitrogen and oxygen atoms in total. The summed E-state index contributed by atoms with van der Waals surface area (Å²) < 4.78 is 0. The molecule has 2 fully saturated rings. The fourth-order valence-corrected chi connectivity index (χ4v) is 5.53. The Kier molecular flexibility index (Phi) is 4.90. The minimum atomic E-state index is -0.300. The summed E-state index contributed by atoms with van der Waals surface area (Å²) in [7, 11) is 0. The molecule has 6 heteroatoms. The Hall–Kier alpha value is -1.66. The second-order valence-electron chi connectivity index (χ2n) is 6.33. The molecule has 4 rings (SSSR count). The van der Waals surface area contributed by atoms with Gasteiger partial charge in [0.25, 0.3) is 0 Å². The van der Waals surface area contributed by atoms with Crippen LogP contribution in [0.1, 0.15) is 5.56 Å². The van der Waals surface area contributed by atoms with Gasteiger partial charge in [-0.25, -0.2) is 0 Å². The summed E-state index contributed by atoms with van der Waals surface area (Å²) in [6.45, 7) is 0.802. The number of amides is 2. The first-order valence-corrected chi connectivity index (χ1v) is 10.8. The van der Waals surface area contributed by atoms with Gasteiger partial charge < -0.3 is 9.80 Å². The maximum absolute atomic E-state index is 12.9. The third-order valence-corrected chi connectivity index (χ3v) is 6.75. The van der Waals surface area contributed by atoms with E-state index in [1.807, 2.05) is 29.2 Å². The summed E-state index contributed by atoms with van der Waals surface area (Å²) in [5, 5.41) is 2.26. The van der Waals surface area contributed by atoms with Gasteiger partial charge in [-0.3, -0.25) is 9.59 Å². The number of carbonyl (C=O) groups is 2. The average molecular weight is 373 g/mol. The van der Waals surface area contributed by atoms with Crippen LogP contribution in [0.25, 0.3) is 10.8 Å². The lowest BCUT2D eigenvalue weighted by Gasteiger charge is -2.27. The number of hydrogen-bond acceptors (Lipinski definition) is 4. The van der Waals surface area contributed by atoms with Gasteiger partial charge in [0.1, 0.15) is 6.04 Å². The predicted octanol–water partition coefficient (Wildman–Crippen LogP) is 2.82. The second kappa shape index (κ2) is 7.30. The molecule has 25 heavy (non-hydrogen) atoms. The van der Waals surface area contributed by atoms with Crippen molar-refractivity contribution in [2.24, 2.45) is 0 Å². The number of thioether (sulfide) groups is 2. The largest absolute Gasteiger partial charge is 0.331 e. The van der Waals surface area contributed by atoms with E-state index in [4.69, 9.17) is 0 Å². The van der Waals surface area contributed by atoms with Crippen LogP contribution in [0.5, 0.6) is 0 Å². The van der Waals surface area contributed by atoms with Gasteiger partial charge in [-0.15, -0.1) is 23.5 Å². The van der Waals surface area contributed by atoms with Gasteiger partial charge in [0.2, 0.25) is 11.8 Å². The van der Waals surface area contributed by atoms with Crippen molar-refractivity contribution in [3.8, 4) is 0 Å². The molecule has 2 aromatic carbocycles. The molecule has 0 unspecified atom stereocenters. The van der Waals surface area contributed by atoms with Gasteiger partial charge in [-0.1, -0.05) is 42.5 Å². The van der Waals surface area contributed by atoms with Gasteiger partial charge in [0.15, 0.2) is 0 Å². The zero-order chi connectivity index (χ0) is 17.2. The molecule has 0 saturated carbocycles. The maximum Gasteiger partial charge on any atom is 0.246 e. The van der Waals surface area contributed by atoms with E-state index in [0.29, 0.717) is 18.1 Å². The molecular formula is C19H20N2O2S2. The molecule has 1 atom stereocenters. The van der Waals surface area contributed by atoms with Crippen LogP contribution >= 0.6 is 23.5 Å². The van der Waals surface area contributed by atoms with E-state index >= 15 is 0 Å². The van der Waals surface area contributed by atoms with Crippen molar-refractivity contribution >= 4 is 46.1 Å². The first-order valence-electron chi connectivity index (χ1n) is 8.44. The van der Waals surface area contributed by atoms with Crippen LogP contribution in [-0.2, 0) is 16.0 Å².